The molecule has 120 valence electrons. The number of imide groups is 1. The van der Waals surface area contributed by atoms with Gasteiger partial charge in [-0.15, -0.1) is 0 Å². The molecule has 0 fully saturated rings. The topological polar surface area (TPSA) is 138 Å². The van der Waals surface area contributed by atoms with Gasteiger partial charge >= 0.3 is 0 Å². The highest BCUT2D eigenvalue weighted by Gasteiger charge is 2.29. The number of primary amides is 1. The van der Waals surface area contributed by atoms with Crippen LogP contribution in [0.25, 0.3) is 0 Å². The zero-order valence-corrected chi connectivity index (χ0v) is 12.6. The summed E-state index contributed by atoms with van der Waals surface area (Å²) in [5.74, 6) is -2.49. The average Bonchev–Trinajstić information content (AvgIpc) is 2.89. The summed E-state index contributed by atoms with van der Waals surface area (Å²) in [5, 5.41) is 2.44. The lowest BCUT2D eigenvalue weighted by Gasteiger charge is -2.25. The number of H-pyrrole nitrogens is 1. The Labute approximate surface area is 127 Å². The summed E-state index contributed by atoms with van der Waals surface area (Å²) in [4.78, 5) is 53.9. The van der Waals surface area contributed by atoms with E-state index in [1.54, 1.807) is 0 Å². The van der Waals surface area contributed by atoms with E-state index in [1.807, 2.05) is 0 Å². The molecule has 0 saturated carbocycles. The molecule has 0 aliphatic carbocycles. The smallest absolute Gasteiger partial charge is 0.243 e. The maximum atomic E-state index is 12.1. The van der Waals surface area contributed by atoms with Gasteiger partial charge in [-0.3, -0.25) is 24.1 Å². The van der Waals surface area contributed by atoms with Crippen LogP contribution in [0.3, 0.4) is 0 Å². The van der Waals surface area contributed by atoms with Crippen molar-refractivity contribution in [3.05, 3.63) is 18.2 Å². The van der Waals surface area contributed by atoms with E-state index in [4.69, 9.17) is 5.73 Å². The average molecular weight is 309 g/mol. The Morgan fingerprint density at radius 1 is 1.32 bits per heavy atom. The first-order valence-corrected chi connectivity index (χ1v) is 6.61. The highest BCUT2D eigenvalue weighted by molar-refractivity contribution is 5.99. The van der Waals surface area contributed by atoms with E-state index in [9.17, 15) is 19.2 Å². The molecule has 2 atom stereocenters. The van der Waals surface area contributed by atoms with Crippen LogP contribution in [0.2, 0.25) is 0 Å². The lowest BCUT2D eigenvalue weighted by Crippen LogP contribution is -2.54. The number of imidazole rings is 1. The fraction of sp³-hybridized carbons (Fsp3) is 0.462. The number of carbonyl (C=O) groups excluding carboxylic acids is 4. The van der Waals surface area contributed by atoms with Gasteiger partial charge < -0.3 is 16.0 Å². The standard InChI is InChI=1S/C13H19N5O4/c1-7(18(8(2)19)9(3)20)13(22)17-11(12(14)21)4-10-5-15-6-16-10/h5-7,11H,4H2,1-3H3,(H2,14,21)(H,15,16)(H,17,22)/t7-,11-/m0/s1. The second-order valence-corrected chi connectivity index (χ2v) is 4.83. The SMILES string of the molecule is CC(=O)N(C(C)=O)[C@@H](C)C(=O)N[C@@H](Cc1cnc[nH]1)C(N)=O. The molecule has 9 heteroatoms. The molecule has 0 unspecified atom stereocenters. The first-order valence-electron chi connectivity index (χ1n) is 6.61. The Morgan fingerprint density at radius 3 is 2.32 bits per heavy atom. The number of nitrogens with zero attached hydrogens (tertiary/aromatic N) is 2. The van der Waals surface area contributed by atoms with Gasteiger partial charge in [0.25, 0.3) is 0 Å². The lowest BCUT2D eigenvalue weighted by atomic mass is 10.1. The van der Waals surface area contributed by atoms with Crippen LogP contribution in [-0.4, -0.2) is 50.6 Å². The molecule has 9 nitrogen and oxygen atoms in total. The summed E-state index contributed by atoms with van der Waals surface area (Å²) >= 11 is 0. The van der Waals surface area contributed by atoms with E-state index in [-0.39, 0.29) is 6.42 Å². The zero-order chi connectivity index (χ0) is 16.9. The number of hydrogen-bond acceptors (Lipinski definition) is 5. The van der Waals surface area contributed by atoms with Crippen LogP contribution in [0.15, 0.2) is 12.5 Å². The third-order valence-corrected chi connectivity index (χ3v) is 3.08. The summed E-state index contributed by atoms with van der Waals surface area (Å²) < 4.78 is 0. The second kappa shape index (κ2) is 7.34. The molecule has 1 aromatic heterocycles. The zero-order valence-electron chi connectivity index (χ0n) is 12.6. The Kier molecular flexibility index (Phi) is 5.79. The van der Waals surface area contributed by atoms with Crippen molar-refractivity contribution in [1.82, 2.24) is 20.2 Å². The highest BCUT2D eigenvalue weighted by Crippen LogP contribution is 2.04. The Balaban J connectivity index is 2.80. The van der Waals surface area contributed by atoms with Crippen LogP contribution in [0, 0.1) is 0 Å². The van der Waals surface area contributed by atoms with E-state index >= 15 is 0 Å². The third-order valence-electron chi connectivity index (χ3n) is 3.08. The maximum absolute atomic E-state index is 12.1. The number of aromatic nitrogens is 2. The van der Waals surface area contributed by atoms with E-state index in [1.165, 1.54) is 33.3 Å². The van der Waals surface area contributed by atoms with Crippen LogP contribution < -0.4 is 11.1 Å². The fourth-order valence-corrected chi connectivity index (χ4v) is 2.02. The molecular formula is C13H19N5O4. The van der Waals surface area contributed by atoms with Crippen molar-refractivity contribution < 1.29 is 19.2 Å². The highest BCUT2D eigenvalue weighted by atomic mass is 16.2. The molecule has 0 radical (unpaired) electrons. The molecule has 0 bridgehead atoms. The van der Waals surface area contributed by atoms with Gasteiger partial charge in [-0.25, -0.2) is 4.98 Å². The van der Waals surface area contributed by atoms with E-state index < -0.39 is 35.7 Å². The number of nitrogens with two attached hydrogens (primary N) is 1. The molecule has 4 N–H and O–H groups in total. The van der Waals surface area contributed by atoms with Gasteiger partial charge in [0.2, 0.25) is 23.6 Å². The van der Waals surface area contributed by atoms with Crippen LogP contribution in [0.4, 0.5) is 0 Å². The van der Waals surface area contributed by atoms with Crippen LogP contribution in [0.5, 0.6) is 0 Å². The molecule has 22 heavy (non-hydrogen) atoms. The maximum Gasteiger partial charge on any atom is 0.243 e. The fourth-order valence-electron chi connectivity index (χ4n) is 2.02. The van der Waals surface area contributed by atoms with Crippen molar-refractivity contribution in [3.63, 3.8) is 0 Å². The molecule has 0 aliphatic rings. The molecule has 0 aromatic carbocycles. The van der Waals surface area contributed by atoms with Gasteiger partial charge in [0.05, 0.1) is 6.33 Å². The quantitative estimate of drug-likeness (QED) is 0.600. The molecule has 0 saturated heterocycles. The van der Waals surface area contributed by atoms with Crippen molar-refractivity contribution in [2.24, 2.45) is 5.73 Å². The van der Waals surface area contributed by atoms with Gasteiger partial charge in [-0.1, -0.05) is 0 Å². The van der Waals surface area contributed by atoms with E-state index in [0.29, 0.717) is 5.69 Å². The number of nitrogens with one attached hydrogen (secondary N) is 2. The lowest BCUT2D eigenvalue weighted by molar-refractivity contribution is -0.149. The minimum atomic E-state index is -1.04. The molecule has 1 rings (SSSR count). The van der Waals surface area contributed by atoms with Crippen LogP contribution >= 0.6 is 0 Å². The molecule has 1 heterocycles. The Bertz CT molecular complexity index is 555. The van der Waals surface area contributed by atoms with E-state index in [2.05, 4.69) is 15.3 Å². The second-order valence-electron chi connectivity index (χ2n) is 4.83. The molecule has 0 aliphatic heterocycles. The molecule has 0 spiro atoms. The number of amides is 4. The number of hydrogen-bond donors (Lipinski definition) is 3. The molecule has 1 aromatic rings. The summed E-state index contributed by atoms with van der Waals surface area (Å²) in [7, 11) is 0. The summed E-state index contributed by atoms with van der Waals surface area (Å²) in [6.07, 6.45) is 3.07. The number of rotatable bonds is 6. The minimum Gasteiger partial charge on any atom is -0.368 e. The minimum absolute atomic E-state index is 0.133. The largest absolute Gasteiger partial charge is 0.368 e. The summed E-state index contributed by atoms with van der Waals surface area (Å²) in [6, 6.07) is -2.02. The van der Waals surface area contributed by atoms with Crippen molar-refractivity contribution in [1.29, 1.82) is 0 Å². The van der Waals surface area contributed by atoms with Gasteiger partial charge in [-0.2, -0.15) is 0 Å². The van der Waals surface area contributed by atoms with Crippen molar-refractivity contribution in [2.75, 3.05) is 0 Å². The van der Waals surface area contributed by atoms with Gasteiger partial charge in [0.1, 0.15) is 12.1 Å². The number of aromatic amines is 1. The van der Waals surface area contributed by atoms with Crippen LogP contribution in [-0.2, 0) is 25.6 Å². The monoisotopic (exact) mass is 309 g/mol. The van der Waals surface area contributed by atoms with Gasteiger partial charge in [0.15, 0.2) is 0 Å². The third kappa shape index (κ3) is 4.40. The summed E-state index contributed by atoms with van der Waals surface area (Å²) in [6.45, 7) is 3.76. The normalized spacial score (nSPS) is 13.0. The van der Waals surface area contributed by atoms with Crippen molar-refractivity contribution in [3.8, 4) is 0 Å². The van der Waals surface area contributed by atoms with Crippen molar-refractivity contribution >= 4 is 23.6 Å². The van der Waals surface area contributed by atoms with Crippen LogP contribution in [0.1, 0.15) is 26.5 Å². The Morgan fingerprint density at radius 2 is 1.91 bits per heavy atom. The Hall–Kier alpha value is -2.71. The first-order chi connectivity index (χ1) is 10.2. The van der Waals surface area contributed by atoms with Crippen molar-refractivity contribution in [2.45, 2.75) is 39.3 Å². The molecule has 4 amide bonds. The van der Waals surface area contributed by atoms with E-state index in [0.717, 1.165) is 4.90 Å². The number of carbonyl (C=O) groups is 4. The summed E-state index contributed by atoms with van der Waals surface area (Å²) in [5.41, 5.74) is 5.88. The predicted molar refractivity (Wildman–Crippen MR) is 76.1 cm³/mol. The molecular weight excluding hydrogens is 290 g/mol. The van der Waals surface area contributed by atoms with Gasteiger partial charge in [-0.05, 0) is 6.92 Å². The first kappa shape index (κ1) is 17.3. The van der Waals surface area contributed by atoms with Gasteiger partial charge in [0, 0.05) is 32.2 Å². The predicted octanol–water partition coefficient (Wildman–Crippen LogP) is -1.29.